The first kappa shape index (κ1) is 23.4. The van der Waals surface area contributed by atoms with Crippen LogP contribution in [0.3, 0.4) is 0 Å². The van der Waals surface area contributed by atoms with Crippen LogP contribution in [-0.4, -0.2) is 5.78 Å². The number of hydrogen-bond donors (Lipinski definition) is 0. The van der Waals surface area contributed by atoms with E-state index in [1.54, 1.807) is 6.92 Å². The largest absolute Gasteiger partial charge is 0.300 e. The molecular weight excluding hydrogens is 407 g/mol. The summed E-state index contributed by atoms with van der Waals surface area (Å²) in [5.74, 6) is 0.276. The highest BCUT2D eigenvalue weighted by Crippen LogP contribution is 2.18. The molecule has 0 aromatic rings. The number of ketones is 1. The van der Waals surface area contributed by atoms with Crippen LogP contribution < -0.4 is 0 Å². The van der Waals surface area contributed by atoms with Crippen LogP contribution in [0.5, 0.6) is 0 Å². The van der Waals surface area contributed by atoms with E-state index in [1.165, 1.54) is 26.7 Å². The zero-order chi connectivity index (χ0) is 18.4. The van der Waals surface area contributed by atoms with E-state index < -0.39 is 0 Å². The molecule has 0 aliphatic heterocycles. The molecule has 0 fully saturated rings. The number of hydrogen-bond acceptors (Lipinski definition) is 1. The first-order valence-corrected chi connectivity index (χ1v) is 10.2. The van der Waals surface area contributed by atoms with Crippen molar-refractivity contribution in [3.63, 3.8) is 0 Å². The van der Waals surface area contributed by atoms with E-state index in [4.69, 9.17) is 0 Å². The summed E-state index contributed by atoms with van der Waals surface area (Å²) in [6.45, 7) is 10.4. The van der Waals surface area contributed by atoms with Gasteiger partial charge in [-0.05, 0) is 106 Å². The number of carbonyl (C=O) groups is 1. The molecule has 0 aliphatic rings. The lowest BCUT2D eigenvalue weighted by Crippen LogP contribution is -1.87. The molecule has 24 heavy (non-hydrogen) atoms. The van der Waals surface area contributed by atoms with Crippen molar-refractivity contribution in [2.24, 2.45) is 0 Å². The molecule has 0 saturated carbocycles. The minimum absolute atomic E-state index is 0.276. The second-order valence-corrected chi connectivity index (χ2v) is 8.28. The molecule has 0 aliphatic carbocycles. The topological polar surface area (TPSA) is 17.1 Å². The molecule has 0 amide bonds. The van der Waals surface area contributed by atoms with Gasteiger partial charge in [0.25, 0.3) is 0 Å². The Morgan fingerprint density at radius 2 is 1.12 bits per heavy atom. The maximum absolute atomic E-state index is 10.9. The fourth-order valence-corrected chi connectivity index (χ4v) is 2.95. The summed E-state index contributed by atoms with van der Waals surface area (Å²) in [5.41, 5.74) is 4.30. The van der Waals surface area contributed by atoms with Gasteiger partial charge < -0.3 is 4.79 Å². The van der Waals surface area contributed by atoms with Gasteiger partial charge in [0.2, 0.25) is 0 Å². The summed E-state index contributed by atoms with van der Waals surface area (Å²) >= 11 is 2.47. The average molecular weight is 442 g/mol. The summed E-state index contributed by atoms with van der Waals surface area (Å²) in [5, 5.41) is 0. The molecule has 0 bridgehead atoms. The third-order valence-electron chi connectivity index (χ3n) is 3.86. The average Bonchev–Trinajstić information content (AvgIpc) is 2.46. The molecule has 2 heteroatoms. The molecule has 0 aromatic heterocycles. The molecule has 0 heterocycles. The first-order valence-electron chi connectivity index (χ1n) is 9.10. The molecule has 0 aromatic carbocycles. The maximum atomic E-state index is 10.9. The quantitative estimate of drug-likeness (QED) is 0.222. The van der Waals surface area contributed by atoms with Crippen LogP contribution in [0.4, 0.5) is 0 Å². The molecule has 0 rings (SSSR count). The fourth-order valence-electron chi connectivity index (χ4n) is 2.33. The lowest BCUT2D eigenvalue weighted by atomic mass is 10.1. The number of Topliss-reactive ketones (excluding diaryl/α,β-unsaturated/α-hetero) is 1. The Bertz CT molecular complexity index is 488. The number of halogens is 1. The SMILES string of the molecule is CC(=O)CC/C=C(/C)CC/C=C(\I)CC/C=C(\C)CCC=C(C)C. The van der Waals surface area contributed by atoms with Gasteiger partial charge in [-0.15, -0.1) is 0 Å². The van der Waals surface area contributed by atoms with Gasteiger partial charge >= 0.3 is 0 Å². The van der Waals surface area contributed by atoms with Crippen molar-refractivity contribution < 1.29 is 4.79 Å². The predicted octanol–water partition coefficient (Wildman–Crippen LogP) is 7.87. The summed E-state index contributed by atoms with van der Waals surface area (Å²) < 4.78 is 1.46. The lowest BCUT2D eigenvalue weighted by molar-refractivity contribution is -0.116. The van der Waals surface area contributed by atoms with E-state index in [9.17, 15) is 4.79 Å². The number of carbonyl (C=O) groups excluding carboxylic acids is 1. The lowest BCUT2D eigenvalue weighted by Gasteiger charge is -2.02. The van der Waals surface area contributed by atoms with Gasteiger partial charge in [-0.25, -0.2) is 0 Å². The van der Waals surface area contributed by atoms with Gasteiger partial charge in [-0.3, -0.25) is 0 Å². The van der Waals surface area contributed by atoms with Crippen molar-refractivity contribution in [3.05, 3.63) is 44.6 Å². The standard InChI is InChI=1S/C22H35IO/c1-18(2)10-6-11-19(3)13-8-16-22(23)17-9-14-20(4)12-7-15-21(5)24/h10,12-13,17H,6-9,11,14-16H2,1-5H3/b19-13+,20-12-,22-17-. The van der Waals surface area contributed by atoms with Crippen LogP contribution in [0.25, 0.3) is 0 Å². The second kappa shape index (κ2) is 14.7. The normalized spacial score (nSPS) is 13.2. The summed E-state index contributed by atoms with van der Waals surface area (Å²) in [6, 6.07) is 0. The molecule has 0 atom stereocenters. The van der Waals surface area contributed by atoms with E-state index in [0.717, 1.165) is 38.5 Å². The fraction of sp³-hybridized carbons (Fsp3) is 0.591. The first-order chi connectivity index (χ1) is 11.3. The van der Waals surface area contributed by atoms with Crippen LogP contribution >= 0.6 is 22.6 Å². The van der Waals surface area contributed by atoms with Gasteiger partial charge in [-0.1, -0.05) is 41.0 Å². The highest BCUT2D eigenvalue weighted by molar-refractivity contribution is 14.1. The van der Waals surface area contributed by atoms with Gasteiger partial charge in [0.1, 0.15) is 5.78 Å². The van der Waals surface area contributed by atoms with Crippen LogP contribution in [0, 0.1) is 0 Å². The van der Waals surface area contributed by atoms with E-state index in [0.29, 0.717) is 6.42 Å². The molecular formula is C22H35IO. The zero-order valence-electron chi connectivity index (χ0n) is 16.3. The van der Waals surface area contributed by atoms with Crippen molar-refractivity contribution in [3.8, 4) is 0 Å². The highest BCUT2D eigenvalue weighted by atomic mass is 127. The monoisotopic (exact) mass is 442 g/mol. The summed E-state index contributed by atoms with van der Waals surface area (Å²) in [7, 11) is 0. The minimum Gasteiger partial charge on any atom is -0.300 e. The Balaban J connectivity index is 3.98. The molecule has 136 valence electrons. The van der Waals surface area contributed by atoms with Crippen LogP contribution in [0.15, 0.2) is 44.6 Å². The Kier molecular flexibility index (Phi) is 14.3. The Hall–Kier alpha value is -0.640. The highest BCUT2D eigenvalue weighted by Gasteiger charge is 1.95. The van der Waals surface area contributed by atoms with E-state index in [-0.39, 0.29) is 5.78 Å². The Morgan fingerprint density at radius 1 is 0.667 bits per heavy atom. The maximum Gasteiger partial charge on any atom is 0.130 e. The molecule has 1 nitrogen and oxygen atoms in total. The van der Waals surface area contributed by atoms with Crippen molar-refractivity contribution in [2.75, 3.05) is 0 Å². The molecule has 0 N–H and O–H groups in total. The van der Waals surface area contributed by atoms with E-state index in [1.807, 2.05) is 0 Å². The van der Waals surface area contributed by atoms with E-state index in [2.05, 4.69) is 74.6 Å². The number of allylic oxidation sites excluding steroid dienone is 8. The third-order valence-corrected chi connectivity index (χ3v) is 4.84. The Morgan fingerprint density at radius 3 is 1.62 bits per heavy atom. The van der Waals surface area contributed by atoms with Crippen molar-refractivity contribution >= 4 is 28.4 Å². The minimum atomic E-state index is 0.276. The smallest absolute Gasteiger partial charge is 0.130 e. The van der Waals surface area contributed by atoms with Crippen LogP contribution in [0.2, 0.25) is 0 Å². The van der Waals surface area contributed by atoms with E-state index >= 15 is 0 Å². The molecule has 0 unspecified atom stereocenters. The summed E-state index contributed by atoms with van der Waals surface area (Å²) in [6.07, 6.45) is 17.6. The van der Waals surface area contributed by atoms with Crippen molar-refractivity contribution in [2.45, 2.75) is 86.0 Å². The van der Waals surface area contributed by atoms with Crippen molar-refractivity contribution in [1.82, 2.24) is 0 Å². The predicted molar refractivity (Wildman–Crippen MR) is 117 cm³/mol. The summed E-state index contributed by atoms with van der Waals surface area (Å²) in [4.78, 5) is 10.9. The van der Waals surface area contributed by atoms with Crippen LogP contribution in [0.1, 0.15) is 86.0 Å². The van der Waals surface area contributed by atoms with Crippen LogP contribution in [-0.2, 0) is 4.79 Å². The number of rotatable bonds is 12. The molecule has 0 radical (unpaired) electrons. The van der Waals surface area contributed by atoms with Crippen molar-refractivity contribution in [1.29, 1.82) is 0 Å². The van der Waals surface area contributed by atoms with Gasteiger partial charge in [0.15, 0.2) is 0 Å². The molecule has 0 saturated heterocycles. The second-order valence-electron chi connectivity index (χ2n) is 6.89. The Labute approximate surface area is 163 Å². The van der Waals surface area contributed by atoms with Gasteiger partial charge in [0.05, 0.1) is 0 Å². The third kappa shape index (κ3) is 16.2. The van der Waals surface area contributed by atoms with Gasteiger partial charge in [0, 0.05) is 6.42 Å². The molecule has 0 spiro atoms. The van der Waals surface area contributed by atoms with Gasteiger partial charge in [-0.2, -0.15) is 0 Å². The zero-order valence-corrected chi connectivity index (χ0v) is 18.4.